The van der Waals surface area contributed by atoms with Gasteiger partial charge in [-0.25, -0.2) is 0 Å². The molecule has 0 spiro atoms. The Labute approximate surface area is 105 Å². The van der Waals surface area contributed by atoms with Gasteiger partial charge in [0.25, 0.3) is 0 Å². The maximum Gasteiger partial charge on any atom is 0.135 e. The number of aryl methyl sites for hydroxylation is 2. The minimum Gasteiger partial charge on any atom is -0.364 e. The van der Waals surface area contributed by atoms with Crippen LogP contribution in [0.1, 0.15) is 23.2 Å². The molecule has 0 fully saturated rings. The predicted molar refractivity (Wildman–Crippen MR) is 66.1 cm³/mol. The lowest BCUT2D eigenvalue weighted by Gasteiger charge is -2.21. The molecular weight excluding hydrogens is 228 g/mol. The van der Waals surface area contributed by atoms with Crippen molar-refractivity contribution in [3.8, 4) is 11.4 Å². The summed E-state index contributed by atoms with van der Waals surface area (Å²) in [6, 6.07) is 0. The van der Waals surface area contributed by atoms with Crippen LogP contribution in [0.25, 0.3) is 11.4 Å². The van der Waals surface area contributed by atoms with Gasteiger partial charge in [0.2, 0.25) is 0 Å². The zero-order chi connectivity index (χ0) is 12.1. The lowest BCUT2D eigenvalue weighted by Crippen LogP contribution is -2.26. The maximum absolute atomic E-state index is 5.16. The van der Waals surface area contributed by atoms with Gasteiger partial charge in [0, 0.05) is 37.2 Å². The van der Waals surface area contributed by atoms with E-state index in [0.717, 1.165) is 44.6 Å². The third-order valence-electron chi connectivity index (χ3n) is 3.98. The first-order chi connectivity index (χ1) is 8.83. The van der Waals surface area contributed by atoms with Gasteiger partial charge < -0.3 is 9.42 Å². The minimum atomic E-state index is 0.969. The summed E-state index contributed by atoms with van der Waals surface area (Å²) in [5.74, 6) is 0. The molecule has 0 amide bonds. The van der Waals surface area contributed by atoms with Crippen LogP contribution in [-0.4, -0.2) is 33.4 Å². The van der Waals surface area contributed by atoms with Gasteiger partial charge in [-0.1, -0.05) is 5.16 Å². The first-order valence-electron chi connectivity index (χ1n) is 6.53. The van der Waals surface area contributed by atoms with E-state index in [1.807, 2.05) is 0 Å². The summed E-state index contributed by atoms with van der Waals surface area (Å²) in [6.45, 7) is 3.05. The molecular formula is C13H16N4O. The summed E-state index contributed by atoms with van der Waals surface area (Å²) < 4.78 is 7.30. The Morgan fingerprint density at radius 3 is 3.17 bits per heavy atom. The second-order valence-electron chi connectivity index (χ2n) is 5.28. The van der Waals surface area contributed by atoms with Crippen LogP contribution >= 0.6 is 0 Å². The molecule has 0 atom stereocenters. The fourth-order valence-electron chi connectivity index (χ4n) is 3.04. The van der Waals surface area contributed by atoms with Crippen LogP contribution in [0, 0.1) is 0 Å². The number of hydrogen-bond acceptors (Lipinski definition) is 4. The molecule has 0 aromatic carbocycles. The number of hydrogen-bond donors (Lipinski definition) is 0. The van der Waals surface area contributed by atoms with Crippen molar-refractivity contribution in [1.29, 1.82) is 0 Å². The normalized spacial score (nSPS) is 18.9. The van der Waals surface area contributed by atoms with Gasteiger partial charge in [-0.05, 0) is 19.9 Å². The lowest BCUT2D eigenvalue weighted by atomic mass is 10.0. The van der Waals surface area contributed by atoms with Crippen molar-refractivity contribution in [1.82, 2.24) is 19.8 Å². The summed E-state index contributed by atoms with van der Waals surface area (Å²) in [7, 11) is 2.16. The SMILES string of the molecule is CN1CCc2nn3c(c2C1)-c1nocc1CCC3. The Morgan fingerprint density at radius 2 is 2.22 bits per heavy atom. The molecule has 18 heavy (non-hydrogen) atoms. The van der Waals surface area contributed by atoms with Crippen molar-refractivity contribution < 1.29 is 4.52 Å². The van der Waals surface area contributed by atoms with Crippen molar-refractivity contribution >= 4 is 0 Å². The van der Waals surface area contributed by atoms with Crippen molar-refractivity contribution in [2.45, 2.75) is 32.4 Å². The van der Waals surface area contributed by atoms with Crippen LogP contribution in [0.2, 0.25) is 0 Å². The van der Waals surface area contributed by atoms with Crippen molar-refractivity contribution in [3.05, 3.63) is 23.1 Å². The summed E-state index contributed by atoms with van der Waals surface area (Å²) in [5.41, 5.74) is 6.03. The molecule has 2 aromatic heterocycles. The summed E-state index contributed by atoms with van der Waals surface area (Å²) >= 11 is 0. The fourth-order valence-corrected chi connectivity index (χ4v) is 3.04. The predicted octanol–water partition coefficient (Wildman–Crippen LogP) is 1.47. The highest BCUT2D eigenvalue weighted by atomic mass is 16.5. The second-order valence-corrected chi connectivity index (χ2v) is 5.28. The van der Waals surface area contributed by atoms with Crippen LogP contribution in [-0.2, 0) is 25.9 Å². The van der Waals surface area contributed by atoms with E-state index >= 15 is 0 Å². The molecule has 4 heterocycles. The van der Waals surface area contributed by atoms with Gasteiger partial charge in [-0.2, -0.15) is 5.10 Å². The van der Waals surface area contributed by atoms with E-state index in [0.29, 0.717) is 0 Å². The van der Waals surface area contributed by atoms with E-state index in [1.165, 1.54) is 22.5 Å². The topological polar surface area (TPSA) is 47.1 Å². The highest BCUT2D eigenvalue weighted by molar-refractivity contribution is 5.64. The number of rotatable bonds is 0. The number of likely N-dealkylation sites (N-methyl/N-ethyl adjacent to an activating group) is 1. The molecule has 0 saturated heterocycles. The smallest absolute Gasteiger partial charge is 0.135 e. The fraction of sp³-hybridized carbons (Fsp3) is 0.538. The van der Waals surface area contributed by atoms with Crippen LogP contribution in [0.5, 0.6) is 0 Å². The zero-order valence-corrected chi connectivity index (χ0v) is 10.5. The number of aromatic nitrogens is 3. The first-order valence-corrected chi connectivity index (χ1v) is 6.53. The van der Waals surface area contributed by atoms with Gasteiger partial charge in [0.1, 0.15) is 12.0 Å². The molecule has 0 N–H and O–H groups in total. The molecule has 94 valence electrons. The number of nitrogens with zero attached hydrogens (tertiary/aromatic N) is 4. The second kappa shape index (κ2) is 3.68. The summed E-state index contributed by atoms with van der Waals surface area (Å²) in [4.78, 5) is 2.34. The van der Waals surface area contributed by atoms with E-state index < -0.39 is 0 Å². The highest BCUT2D eigenvalue weighted by Crippen LogP contribution is 2.34. The quantitative estimate of drug-likeness (QED) is 0.704. The molecule has 0 saturated carbocycles. The van der Waals surface area contributed by atoms with Crippen LogP contribution in [0.4, 0.5) is 0 Å². The first kappa shape index (κ1) is 10.3. The van der Waals surface area contributed by atoms with Gasteiger partial charge in [-0.15, -0.1) is 0 Å². The highest BCUT2D eigenvalue weighted by Gasteiger charge is 2.28. The van der Waals surface area contributed by atoms with Crippen LogP contribution < -0.4 is 0 Å². The van der Waals surface area contributed by atoms with E-state index in [9.17, 15) is 0 Å². The Kier molecular flexibility index (Phi) is 2.11. The molecule has 4 rings (SSSR count). The maximum atomic E-state index is 5.16. The molecule has 0 radical (unpaired) electrons. The van der Waals surface area contributed by atoms with Gasteiger partial charge in [0.15, 0.2) is 0 Å². The molecule has 5 nitrogen and oxygen atoms in total. The molecule has 2 aliphatic heterocycles. The molecule has 2 aliphatic rings. The van der Waals surface area contributed by atoms with E-state index in [1.54, 1.807) is 6.26 Å². The Morgan fingerprint density at radius 1 is 1.28 bits per heavy atom. The van der Waals surface area contributed by atoms with Crippen molar-refractivity contribution in [2.75, 3.05) is 13.6 Å². The van der Waals surface area contributed by atoms with Crippen molar-refractivity contribution in [2.24, 2.45) is 0 Å². The van der Waals surface area contributed by atoms with Crippen LogP contribution in [0.3, 0.4) is 0 Å². The Bertz CT molecular complexity index is 598. The van der Waals surface area contributed by atoms with Gasteiger partial charge in [0.05, 0.1) is 11.4 Å². The molecule has 5 heteroatoms. The lowest BCUT2D eigenvalue weighted by molar-refractivity contribution is 0.312. The van der Waals surface area contributed by atoms with Crippen molar-refractivity contribution in [3.63, 3.8) is 0 Å². The average Bonchev–Trinajstić information content (AvgIpc) is 2.90. The monoisotopic (exact) mass is 244 g/mol. The van der Waals surface area contributed by atoms with E-state index in [2.05, 4.69) is 21.8 Å². The molecule has 0 bridgehead atoms. The average molecular weight is 244 g/mol. The largest absolute Gasteiger partial charge is 0.364 e. The Hall–Kier alpha value is -1.62. The third kappa shape index (κ3) is 1.37. The Balaban J connectivity index is 1.95. The minimum absolute atomic E-state index is 0.969. The standard InChI is InChI=1S/C13H16N4O/c1-16-6-4-11-10(7-16)13-12-9(8-18-15-12)3-2-5-17(13)14-11/h8H,2-7H2,1H3. The third-order valence-corrected chi connectivity index (χ3v) is 3.98. The summed E-state index contributed by atoms with van der Waals surface area (Å²) in [5, 5.41) is 8.98. The van der Waals surface area contributed by atoms with Gasteiger partial charge >= 0.3 is 0 Å². The molecule has 0 unspecified atom stereocenters. The van der Waals surface area contributed by atoms with Crippen LogP contribution in [0.15, 0.2) is 10.8 Å². The molecule has 2 aromatic rings. The van der Waals surface area contributed by atoms with E-state index in [-0.39, 0.29) is 0 Å². The summed E-state index contributed by atoms with van der Waals surface area (Å²) in [6.07, 6.45) is 4.97. The zero-order valence-electron chi connectivity index (χ0n) is 10.5. The van der Waals surface area contributed by atoms with E-state index in [4.69, 9.17) is 9.62 Å². The number of fused-ring (bicyclic) bond motifs is 5. The molecule has 0 aliphatic carbocycles. The van der Waals surface area contributed by atoms with Gasteiger partial charge in [-0.3, -0.25) is 4.68 Å².